The fourth-order valence-electron chi connectivity index (χ4n) is 2.28. The van der Waals surface area contributed by atoms with E-state index >= 15 is 0 Å². The first-order valence-electron chi connectivity index (χ1n) is 7.92. The van der Waals surface area contributed by atoms with Crippen LogP contribution in [0, 0.1) is 5.82 Å². The lowest BCUT2D eigenvalue weighted by Gasteiger charge is -2.04. The summed E-state index contributed by atoms with van der Waals surface area (Å²) in [6.45, 7) is 0.248. The Morgan fingerprint density at radius 2 is 1.88 bits per heavy atom. The first-order valence-corrected chi connectivity index (χ1v) is 8.80. The number of thiazole rings is 1. The molecule has 0 radical (unpaired) electrons. The van der Waals surface area contributed by atoms with Crippen LogP contribution in [0.1, 0.15) is 21.6 Å². The molecule has 2 N–H and O–H groups in total. The molecule has 3 rings (SSSR count). The minimum Gasteiger partial charge on any atom is -0.352 e. The highest BCUT2D eigenvalue weighted by molar-refractivity contribution is 7.14. The molecule has 1 heterocycles. The number of hydrogen-bond donors (Lipinski definition) is 2. The zero-order valence-electron chi connectivity index (χ0n) is 13.7. The van der Waals surface area contributed by atoms with Gasteiger partial charge in [0.05, 0.1) is 12.1 Å². The average Bonchev–Trinajstić information content (AvgIpc) is 3.07. The highest BCUT2D eigenvalue weighted by Gasteiger charge is 2.11. The van der Waals surface area contributed by atoms with Crippen LogP contribution in [0.3, 0.4) is 0 Å². The third-order valence-corrected chi connectivity index (χ3v) is 4.34. The molecule has 0 atom stereocenters. The maximum atomic E-state index is 13.1. The van der Waals surface area contributed by atoms with Gasteiger partial charge in [0.1, 0.15) is 5.82 Å². The quantitative estimate of drug-likeness (QED) is 0.700. The number of anilines is 1. The van der Waals surface area contributed by atoms with Gasteiger partial charge in [0.15, 0.2) is 5.13 Å². The molecule has 26 heavy (non-hydrogen) atoms. The molecule has 7 heteroatoms. The summed E-state index contributed by atoms with van der Waals surface area (Å²) in [5, 5.41) is 7.59. The molecule has 0 aliphatic heterocycles. The predicted octanol–water partition coefficient (Wildman–Crippen LogP) is 3.39. The van der Waals surface area contributed by atoms with Crippen molar-refractivity contribution in [1.29, 1.82) is 0 Å². The molecule has 5 nitrogen and oxygen atoms in total. The lowest BCUT2D eigenvalue weighted by atomic mass is 10.2. The van der Waals surface area contributed by atoms with E-state index in [2.05, 4.69) is 15.6 Å². The normalized spacial score (nSPS) is 10.3. The number of nitrogens with one attached hydrogen (secondary N) is 2. The highest BCUT2D eigenvalue weighted by Crippen LogP contribution is 2.17. The topological polar surface area (TPSA) is 71.1 Å². The maximum absolute atomic E-state index is 13.1. The van der Waals surface area contributed by atoms with Crippen LogP contribution in [0.5, 0.6) is 0 Å². The second-order valence-electron chi connectivity index (χ2n) is 5.55. The second kappa shape index (κ2) is 8.35. The number of benzene rings is 2. The van der Waals surface area contributed by atoms with Crippen molar-refractivity contribution in [2.24, 2.45) is 0 Å². The van der Waals surface area contributed by atoms with E-state index in [4.69, 9.17) is 0 Å². The number of aromatic nitrogens is 1. The third-order valence-electron chi connectivity index (χ3n) is 3.53. The lowest BCUT2D eigenvalue weighted by molar-refractivity contribution is -0.120. The van der Waals surface area contributed by atoms with Crippen molar-refractivity contribution in [1.82, 2.24) is 10.3 Å². The lowest BCUT2D eigenvalue weighted by Crippen LogP contribution is -2.24. The molecule has 0 aliphatic rings. The molecule has 0 aliphatic carbocycles. The zero-order valence-corrected chi connectivity index (χ0v) is 14.6. The predicted molar refractivity (Wildman–Crippen MR) is 98.5 cm³/mol. The van der Waals surface area contributed by atoms with Gasteiger partial charge in [0.2, 0.25) is 5.91 Å². The molecular weight excluding hydrogens is 353 g/mol. The highest BCUT2D eigenvalue weighted by atomic mass is 32.1. The van der Waals surface area contributed by atoms with Crippen molar-refractivity contribution in [2.45, 2.75) is 13.0 Å². The third kappa shape index (κ3) is 4.97. The van der Waals surface area contributed by atoms with Crippen LogP contribution in [-0.4, -0.2) is 16.8 Å². The van der Waals surface area contributed by atoms with Crippen molar-refractivity contribution in [2.75, 3.05) is 5.32 Å². The molecule has 2 aromatic carbocycles. The molecule has 0 fully saturated rings. The Balaban J connectivity index is 1.51. The van der Waals surface area contributed by atoms with E-state index in [1.54, 1.807) is 41.8 Å². The Labute approximate surface area is 153 Å². The molecule has 1 aromatic heterocycles. The van der Waals surface area contributed by atoms with Crippen LogP contribution in [0.2, 0.25) is 0 Å². The monoisotopic (exact) mass is 369 g/mol. The minimum atomic E-state index is -0.338. The van der Waals surface area contributed by atoms with E-state index in [9.17, 15) is 14.0 Å². The van der Waals surface area contributed by atoms with Crippen LogP contribution in [0.15, 0.2) is 60.0 Å². The van der Waals surface area contributed by atoms with Crippen LogP contribution >= 0.6 is 11.3 Å². The van der Waals surface area contributed by atoms with Gasteiger partial charge in [-0.1, -0.05) is 30.3 Å². The summed E-state index contributed by atoms with van der Waals surface area (Å²) < 4.78 is 13.1. The number of nitrogens with zero attached hydrogens (tertiary/aromatic N) is 1. The smallest absolute Gasteiger partial charge is 0.257 e. The first kappa shape index (κ1) is 17.8. The summed E-state index contributed by atoms with van der Waals surface area (Å²) in [4.78, 5) is 28.3. The molecule has 0 unspecified atom stereocenters. The number of halogens is 1. The second-order valence-corrected chi connectivity index (χ2v) is 6.41. The molecule has 0 spiro atoms. The van der Waals surface area contributed by atoms with Gasteiger partial charge in [-0.05, 0) is 29.8 Å². The van der Waals surface area contributed by atoms with Crippen molar-refractivity contribution in [3.8, 4) is 0 Å². The standard InChI is InChI=1S/C19H16FN3O2S/c20-15-8-4-5-13(9-15)11-21-17(24)10-16-12-26-19(22-16)23-18(25)14-6-2-1-3-7-14/h1-9,12H,10-11H2,(H,21,24)(H,22,23,25). The van der Waals surface area contributed by atoms with Gasteiger partial charge in [-0.25, -0.2) is 9.37 Å². The van der Waals surface area contributed by atoms with Gasteiger partial charge in [0, 0.05) is 17.5 Å². The van der Waals surface area contributed by atoms with Gasteiger partial charge in [-0.15, -0.1) is 11.3 Å². The minimum absolute atomic E-state index is 0.0903. The molecule has 3 aromatic rings. The summed E-state index contributed by atoms with van der Waals surface area (Å²) in [7, 11) is 0. The molecule has 0 bridgehead atoms. The number of rotatable bonds is 6. The zero-order chi connectivity index (χ0) is 18.4. The molecule has 0 saturated carbocycles. The summed E-state index contributed by atoms with van der Waals surface area (Å²) in [6, 6.07) is 14.9. The Morgan fingerprint density at radius 3 is 2.65 bits per heavy atom. The number of amides is 2. The number of carbonyl (C=O) groups excluding carboxylic acids is 2. The van der Waals surface area contributed by atoms with E-state index in [1.807, 2.05) is 6.07 Å². The van der Waals surface area contributed by atoms with E-state index in [1.165, 1.54) is 23.5 Å². The molecule has 0 saturated heterocycles. The summed E-state index contributed by atoms with van der Waals surface area (Å²) in [6.07, 6.45) is 0.0903. The van der Waals surface area contributed by atoms with Crippen molar-refractivity contribution in [3.63, 3.8) is 0 Å². The summed E-state index contributed by atoms with van der Waals surface area (Å²) in [5.41, 5.74) is 1.79. The van der Waals surface area contributed by atoms with E-state index in [0.717, 1.165) is 0 Å². The molecule has 2 amide bonds. The van der Waals surface area contributed by atoms with Crippen LogP contribution in [0.25, 0.3) is 0 Å². The van der Waals surface area contributed by atoms with E-state index in [0.29, 0.717) is 22.0 Å². The van der Waals surface area contributed by atoms with Gasteiger partial charge in [0.25, 0.3) is 5.91 Å². The Morgan fingerprint density at radius 1 is 1.08 bits per heavy atom. The van der Waals surface area contributed by atoms with Crippen molar-refractivity contribution in [3.05, 3.63) is 82.6 Å². The fourth-order valence-corrected chi connectivity index (χ4v) is 2.98. The number of carbonyl (C=O) groups is 2. The Bertz CT molecular complexity index is 912. The molecule has 132 valence electrons. The van der Waals surface area contributed by atoms with Crippen LogP contribution in [-0.2, 0) is 17.8 Å². The van der Waals surface area contributed by atoms with Gasteiger partial charge in [-0.3, -0.25) is 14.9 Å². The van der Waals surface area contributed by atoms with Crippen molar-refractivity contribution < 1.29 is 14.0 Å². The van der Waals surface area contributed by atoms with E-state index in [-0.39, 0.29) is 30.6 Å². The number of hydrogen-bond acceptors (Lipinski definition) is 4. The fraction of sp³-hybridized carbons (Fsp3) is 0.105. The maximum Gasteiger partial charge on any atom is 0.257 e. The Hall–Kier alpha value is -3.06. The SMILES string of the molecule is O=C(Cc1csc(NC(=O)c2ccccc2)n1)NCc1cccc(F)c1. The van der Waals surface area contributed by atoms with Gasteiger partial charge < -0.3 is 5.32 Å². The largest absolute Gasteiger partial charge is 0.352 e. The van der Waals surface area contributed by atoms with Crippen molar-refractivity contribution >= 4 is 28.3 Å². The summed E-state index contributed by atoms with van der Waals surface area (Å²) >= 11 is 1.26. The van der Waals surface area contributed by atoms with Gasteiger partial charge >= 0.3 is 0 Å². The molecular formula is C19H16FN3O2S. The van der Waals surface area contributed by atoms with Crippen LogP contribution < -0.4 is 10.6 Å². The Kier molecular flexibility index (Phi) is 5.70. The van der Waals surface area contributed by atoms with E-state index < -0.39 is 0 Å². The average molecular weight is 369 g/mol. The van der Waals surface area contributed by atoms with Gasteiger partial charge in [-0.2, -0.15) is 0 Å². The summed E-state index contributed by atoms with van der Waals surface area (Å²) in [5.74, 6) is -0.808. The first-order chi connectivity index (χ1) is 12.6. The van der Waals surface area contributed by atoms with Crippen LogP contribution in [0.4, 0.5) is 9.52 Å².